The number of carboxylic acids is 1. The Labute approximate surface area is 116 Å². The molecule has 1 saturated heterocycles. The van der Waals surface area contributed by atoms with E-state index in [2.05, 4.69) is 4.98 Å². The molecule has 2 atom stereocenters. The number of aliphatic carboxylic acids is 1. The summed E-state index contributed by atoms with van der Waals surface area (Å²) in [5.74, 6) is -0.727. The van der Waals surface area contributed by atoms with Crippen LogP contribution in [-0.4, -0.2) is 57.1 Å². The summed E-state index contributed by atoms with van der Waals surface area (Å²) in [7, 11) is -4.02. The van der Waals surface area contributed by atoms with Crippen LogP contribution in [-0.2, 0) is 21.4 Å². The van der Waals surface area contributed by atoms with Gasteiger partial charge in [0.25, 0.3) is 10.0 Å². The van der Waals surface area contributed by atoms with Gasteiger partial charge < -0.3 is 14.8 Å². The number of carbonyl (C=O) groups is 1. The lowest BCUT2D eigenvalue weighted by Gasteiger charge is -2.19. The van der Waals surface area contributed by atoms with Crippen molar-refractivity contribution in [3.8, 4) is 0 Å². The van der Waals surface area contributed by atoms with Crippen LogP contribution in [0.2, 0.25) is 0 Å². The Morgan fingerprint density at radius 3 is 2.70 bits per heavy atom. The van der Waals surface area contributed by atoms with Crippen LogP contribution in [0.25, 0.3) is 0 Å². The van der Waals surface area contributed by atoms with Gasteiger partial charge in [0.1, 0.15) is 11.9 Å². The van der Waals surface area contributed by atoms with Crippen molar-refractivity contribution in [2.45, 2.75) is 44.0 Å². The molecule has 0 bridgehead atoms. The van der Waals surface area contributed by atoms with E-state index in [1.807, 2.05) is 6.92 Å². The third-order valence-corrected chi connectivity index (χ3v) is 5.13. The third kappa shape index (κ3) is 2.43. The van der Waals surface area contributed by atoms with E-state index in [1.165, 1.54) is 6.20 Å². The van der Waals surface area contributed by atoms with Gasteiger partial charge in [-0.2, -0.15) is 4.31 Å². The second-order valence-electron chi connectivity index (χ2n) is 4.73. The second kappa shape index (κ2) is 5.15. The van der Waals surface area contributed by atoms with Gasteiger partial charge in [0, 0.05) is 25.7 Å². The Hall–Kier alpha value is -1.45. The van der Waals surface area contributed by atoms with Crippen molar-refractivity contribution in [2.75, 3.05) is 6.54 Å². The van der Waals surface area contributed by atoms with Crippen LogP contribution in [0.5, 0.6) is 0 Å². The first-order valence-electron chi connectivity index (χ1n) is 6.23. The van der Waals surface area contributed by atoms with E-state index >= 15 is 0 Å². The van der Waals surface area contributed by atoms with E-state index in [1.54, 1.807) is 11.5 Å². The van der Waals surface area contributed by atoms with Crippen LogP contribution >= 0.6 is 0 Å². The lowest BCUT2D eigenvalue weighted by molar-refractivity contribution is -0.140. The number of hydrogen-bond donors (Lipinski definition) is 2. The molecule has 0 aromatic carbocycles. The highest BCUT2D eigenvalue weighted by atomic mass is 32.2. The van der Waals surface area contributed by atoms with Gasteiger partial charge in [-0.3, -0.25) is 4.79 Å². The van der Waals surface area contributed by atoms with Crippen LogP contribution in [0.3, 0.4) is 0 Å². The molecule has 1 aromatic heterocycles. The minimum Gasteiger partial charge on any atom is -0.480 e. The first-order valence-corrected chi connectivity index (χ1v) is 7.67. The van der Waals surface area contributed by atoms with Crippen LogP contribution in [0.15, 0.2) is 11.2 Å². The normalized spacial score (nSPS) is 24.1. The minimum absolute atomic E-state index is 0.109. The maximum Gasteiger partial charge on any atom is 0.322 e. The van der Waals surface area contributed by atoms with Gasteiger partial charge in [-0.25, -0.2) is 13.4 Å². The third-order valence-electron chi connectivity index (χ3n) is 3.39. The number of carboxylic acid groups (broad SMARTS) is 1. The highest BCUT2D eigenvalue weighted by Crippen LogP contribution is 2.26. The lowest BCUT2D eigenvalue weighted by Crippen LogP contribution is -2.40. The summed E-state index contributed by atoms with van der Waals surface area (Å²) >= 11 is 0. The average molecular weight is 303 g/mol. The number of sulfonamides is 1. The molecule has 0 saturated carbocycles. The fraction of sp³-hybridized carbons (Fsp3) is 0.636. The molecule has 0 radical (unpaired) electrons. The number of β-amino-alcohol motifs (C(OH)–C–C–N with tert-alkyl or cyclic N) is 1. The number of aromatic nitrogens is 2. The largest absolute Gasteiger partial charge is 0.480 e. The quantitative estimate of drug-likeness (QED) is 0.769. The van der Waals surface area contributed by atoms with E-state index in [0.717, 1.165) is 4.31 Å². The predicted molar refractivity (Wildman–Crippen MR) is 68.6 cm³/mol. The van der Waals surface area contributed by atoms with Crippen LogP contribution < -0.4 is 0 Å². The van der Waals surface area contributed by atoms with Gasteiger partial charge in [-0.15, -0.1) is 0 Å². The summed E-state index contributed by atoms with van der Waals surface area (Å²) in [6, 6.07) is -1.25. The molecule has 112 valence electrons. The standard InChI is InChI=1S/C11H17N3O5S/c1-3-13-6-10(12-7(13)2)20(18,19)14-5-8(15)4-9(14)11(16)17/h6,8-9,15H,3-5H2,1-2H3,(H,16,17)/t8-,9-/m0/s1. The first kappa shape index (κ1) is 14.9. The van der Waals surface area contributed by atoms with Crippen molar-refractivity contribution in [3.05, 3.63) is 12.0 Å². The summed E-state index contributed by atoms with van der Waals surface area (Å²) in [5, 5.41) is 18.4. The second-order valence-corrected chi connectivity index (χ2v) is 6.57. The van der Waals surface area contributed by atoms with Gasteiger partial charge in [0.2, 0.25) is 0 Å². The molecule has 1 aliphatic rings. The maximum atomic E-state index is 12.5. The van der Waals surface area contributed by atoms with Crippen molar-refractivity contribution in [1.29, 1.82) is 0 Å². The SMILES string of the molecule is CCn1cc(S(=O)(=O)N2C[C@@H](O)C[C@H]2C(=O)O)nc1C. The highest BCUT2D eigenvalue weighted by molar-refractivity contribution is 7.89. The molecule has 0 amide bonds. The maximum absolute atomic E-state index is 12.5. The Bertz CT molecular complexity index is 624. The lowest BCUT2D eigenvalue weighted by atomic mass is 10.2. The molecular formula is C11H17N3O5S. The van der Waals surface area contributed by atoms with Gasteiger partial charge in [-0.1, -0.05) is 0 Å². The molecule has 1 aliphatic heterocycles. The number of imidazole rings is 1. The topological polar surface area (TPSA) is 113 Å². The molecule has 2 rings (SSSR count). The molecule has 1 aromatic rings. The number of aliphatic hydroxyl groups excluding tert-OH is 1. The fourth-order valence-electron chi connectivity index (χ4n) is 2.32. The molecular weight excluding hydrogens is 286 g/mol. The van der Waals surface area contributed by atoms with Gasteiger partial charge >= 0.3 is 5.97 Å². The highest BCUT2D eigenvalue weighted by Gasteiger charge is 2.44. The van der Waals surface area contributed by atoms with E-state index in [9.17, 15) is 18.3 Å². The van der Waals surface area contributed by atoms with E-state index < -0.39 is 28.1 Å². The van der Waals surface area contributed by atoms with E-state index in [4.69, 9.17) is 5.11 Å². The minimum atomic E-state index is -4.02. The number of nitrogens with zero attached hydrogens (tertiary/aromatic N) is 3. The Morgan fingerprint density at radius 1 is 1.55 bits per heavy atom. The van der Waals surface area contributed by atoms with Gasteiger partial charge in [-0.05, 0) is 13.8 Å². The van der Waals surface area contributed by atoms with Crippen molar-refractivity contribution in [2.24, 2.45) is 0 Å². The summed E-state index contributed by atoms with van der Waals surface area (Å²) in [5.41, 5.74) is 0. The number of aliphatic hydroxyl groups is 1. The van der Waals surface area contributed by atoms with Crippen molar-refractivity contribution in [3.63, 3.8) is 0 Å². The molecule has 0 aliphatic carbocycles. The molecule has 0 spiro atoms. The van der Waals surface area contributed by atoms with Crippen LogP contribution in [0.1, 0.15) is 19.2 Å². The summed E-state index contributed by atoms with van der Waals surface area (Å²) in [4.78, 5) is 15.1. The molecule has 9 heteroatoms. The van der Waals surface area contributed by atoms with Crippen molar-refractivity contribution in [1.82, 2.24) is 13.9 Å². The predicted octanol–water partition coefficient (Wildman–Crippen LogP) is -0.580. The fourth-order valence-corrected chi connectivity index (χ4v) is 3.95. The monoisotopic (exact) mass is 303 g/mol. The zero-order valence-electron chi connectivity index (χ0n) is 11.2. The molecule has 20 heavy (non-hydrogen) atoms. The number of hydrogen-bond acceptors (Lipinski definition) is 5. The molecule has 8 nitrogen and oxygen atoms in total. The zero-order valence-corrected chi connectivity index (χ0v) is 12.0. The molecule has 2 N–H and O–H groups in total. The van der Waals surface area contributed by atoms with E-state index in [0.29, 0.717) is 12.4 Å². The summed E-state index contributed by atoms with van der Waals surface area (Å²) in [6.45, 7) is 3.87. The van der Waals surface area contributed by atoms with Crippen LogP contribution in [0.4, 0.5) is 0 Å². The average Bonchev–Trinajstić information content (AvgIpc) is 2.93. The Balaban J connectivity index is 2.40. The number of aryl methyl sites for hydroxylation is 2. The Morgan fingerprint density at radius 2 is 2.20 bits per heavy atom. The molecule has 2 heterocycles. The zero-order chi connectivity index (χ0) is 15.1. The summed E-state index contributed by atoms with van der Waals surface area (Å²) in [6.07, 6.45) is 0.302. The Kier molecular flexibility index (Phi) is 3.85. The van der Waals surface area contributed by atoms with Crippen molar-refractivity contribution < 1.29 is 23.4 Å². The van der Waals surface area contributed by atoms with Gasteiger partial charge in [0.15, 0.2) is 5.03 Å². The van der Waals surface area contributed by atoms with Gasteiger partial charge in [0.05, 0.1) is 6.10 Å². The van der Waals surface area contributed by atoms with Crippen molar-refractivity contribution >= 4 is 16.0 Å². The van der Waals surface area contributed by atoms with Crippen LogP contribution in [0, 0.1) is 6.92 Å². The van der Waals surface area contributed by atoms with E-state index in [-0.39, 0.29) is 18.0 Å². The first-order chi connectivity index (χ1) is 9.27. The summed E-state index contributed by atoms with van der Waals surface area (Å²) < 4.78 is 27.4. The molecule has 1 fully saturated rings. The molecule has 0 unspecified atom stereocenters. The number of rotatable bonds is 4. The smallest absolute Gasteiger partial charge is 0.322 e.